The molecule has 6 N–H and O–H groups in total. The first-order valence-corrected chi connectivity index (χ1v) is 12.6. The van der Waals surface area contributed by atoms with Gasteiger partial charge in [0, 0.05) is 6.42 Å². The highest BCUT2D eigenvalue weighted by molar-refractivity contribution is 7.68. The lowest BCUT2D eigenvalue weighted by atomic mass is 10.2. The van der Waals surface area contributed by atoms with Crippen molar-refractivity contribution in [1.82, 2.24) is 19.5 Å². The third-order valence-corrected chi connectivity index (χ3v) is 7.74. The quantitative estimate of drug-likeness (QED) is 0.325. The van der Waals surface area contributed by atoms with Gasteiger partial charge >= 0.3 is 23.2 Å². The van der Waals surface area contributed by atoms with Crippen LogP contribution < -0.4 is 5.73 Å². The van der Waals surface area contributed by atoms with Crippen LogP contribution in [0.25, 0.3) is 11.2 Å². The Morgan fingerprint density at radius 1 is 1.17 bits per heavy atom. The Labute approximate surface area is 166 Å². The summed E-state index contributed by atoms with van der Waals surface area (Å²) in [4.78, 5) is 47.5. The molecule has 0 aliphatic heterocycles. The number of ether oxygens (including phenoxy) is 1. The van der Waals surface area contributed by atoms with Crippen molar-refractivity contribution in [3.8, 4) is 0 Å². The van der Waals surface area contributed by atoms with E-state index in [0.29, 0.717) is 11.2 Å². The Morgan fingerprint density at radius 2 is 1.87 bits per heavy atom. The highest BCUT2D eigenvalue weighted by atomic mass is 31.3. The van der Waals surface area contributed by atoms with Crippen LogP contribution in [-0.4, -0.2) is 51.5 Å². The van der Waals surface area contributed by atoms with Crippen molar-refractivity contribution in [1.29, 1.82) is 0 Å². The zero-order valence-electron chi connectivity index (χ0n) is 14.6. The molecule has 0 aromatic carbocycles. The zero-order chi connectivity index (χ0) is 22.3. The number of rotatable bonds is 8. The predicted octanol–water partition coefficient (Wildman–Crippen LogP) is 0.961. The number of phosphoric acid groups is 2. The summed E-state index contributed by atoms with van der Waals surface area (Å²) in [5.74, 6) is -0.680. The summed E-state index contributed by atoms with van der Waals surface area (Å²) in [5.41, 5.74) is 6.31. The Hall–Kier alpha value is -1.57. The number of fused-ring (bicyclic) bond motifs is 1. The summed E-state index contributed by atoms with van der Waals surface area (Å²) in [6.07, 6.45) is 1.06. The summed E-state index contributed by atoms with van der Waals surface area (Å²) >= 11 is 0. The number of aromatic nitrogens is 4. The van der Waals surface area contributed by atoms with Crippen molar-refractivity contribution < 1.29 is 51.0 Å². The molecule has 2 unspecified atom stereocenters. The van der Waals surface area contributed by atoms with E-state index < -0.39 is 47.6 Å². The number of nitrogens with two attached hydrogens (primary N) is 1. The van der Waals surface area contributed by atoms with Gasteiger partial charge in [-0.3, -0.25) is 4.57 Å². The van der Waals surface area contributed by atoms with Crippen molar-refractivity contribution in [2.24, 2.45) is 0 Å². The first-order chi connectivity index (χ1) is 13.8. The molecule has 2 heterocycles. The van der Waals surface area contributed by atoms with E-state index in [2.05, 4.69) is 23.6 Å². The SMILES string of the molecule is Nc1ncnc2c1ncn2[C@@H]1C=C(F)[C@H](OCP(=O)(O)OP(=O)(O)OP(=O)(O)O)C1. The lowest BCUT2D eigenvalue weighted by Crippen LogP contribution is -2.15. The molecular weight excluding hydrogens is 474 g/mol. The maximum absolute atomic E-state index is 14.2. The number of hydrogen-bond donors (Lipinski definition) is 5. The van der Waals surface area contributed by atoms with Gasteiger partial charge in [0.1, 0.15) is 30.1 Å². The van der Waals surface area contributed by atoms with E-state index in [4.69, 9.17) is 25.2 Å². The minimum atomic E-state index is -5.60. The molecule has 3 rings (SSSR count). The molecule has 30 heavy (non-hydrogen) atoms. The van der Waals surface area contributed by atoms with Gasteiger partial charge in [-0.25, -0.2) is 32.8 Å². The van der Waals surface area contributed by atoms with Crippen LogP contribution in [-0.2, 0) is 27.1 Å². The molecule has 19 heteroatoms. The van der Waals surface area contributed by atoms with Crippen LogP contribution in [0.1, 0.15) is 12.5 Å². The van der Waals surface area contributed by atoms with Crippen LogP contribution in [0, 0.1) is 0 Å². The average molecular weight is 489 g/mol. The number of nitrogen functional groups attached to an aromatic ring is 1. The van der Waals surface area contributed by atoms with Crippen molar-refractivity contribution in [2.75, 3.05) is 12.1 Å². The van der Waals surface area contributed by atoms with Crippen LogP contribution in [0.3, 0.4) is 0 Å². The minimum absolute atomic E-state index is 0.0586. The van der Waals surface area contributed by atoms with E-state index in [0.717, 1.165) is 6.08 Å². The zero-order valence-corrected chi connectivity index (χ0v) is 17.3. The van der Waals surface area contributed by atoms with Crippen molar-refractivity contribution in [2.45, 2.75) is 18.6 Å². The molecular formula is C11H15FN5O10P3. The third-order valence-electron chi connectivity index (χ3n) is 3.74. The molecule has 1 aliphatic carbocycles. The Balaban J connectivity index is 1.65. The molecule has 0 amide bonds. The number of anilines is 1. The molecule has 0 bridgehead atoms. The number of nitrogens with zero attached hydrogens (tertiary/aromatic N) is 4. The second-order valence-corrected chi connectivity index (χ2v) is 10.7. The Kier molecular flexibility index (Phi) is 6.29. The predicted molar refractivity (Wildman–Crippen MR) is 96.2 cm³/mol. The van der Waals surface area contributed by atoms with Gasteiger partial charge in [0.15, 0.2) is 11.5 Å². The first-order valence-electron chi connectivity index (χ1n) is 7.81. The molecule has 0 fully saturated rings. The standard InChI is InChI=1S/C11H15FN5O10P3/c12-7-1-6(17-4-16-9-10(13)14-3-15-11(9)17)2-8(7)25-5-28(18,19)26-30(23,24)27-29(20,21)22/h1,3-4,6,8H,2,5H2,(H,18,19)(H,23,24)(H2,13,14,15)(H2,20,21,22)/t6-,8-/m1/s1. The fourth-order valence-electron chi connectivity index (χ4n) is 2.66. The smallest absolute Gasteiger partial charge is 0.382 e. The van der Waals surface area contributed by atoms with Gasteiger partial charge in [0.25, 0.3) is 0 Å². The van der Waals surface area contributed by atoms with Gasteiger partial charge in [0.05, 0.1) is 12.4 Å². The monoisotopic (exact) mass is 489 g/mol. The topological polar surface area (TPSA) is 229 Å². The molecule has 0 spiro atoms. The van der Waals surface area contributed by atoms with E-state index >= 15 is 0 Å². The van der Waals surface area contributed by atoms with Crippen LogP contribution >= 0.6 is 23.2 Å². The second-order valence-electron chi connectivity index (χ2n) is 5.98. The number of halogens is 1. The van der Waals surface area contributed by atoms with Crippen LogP contribution in [0.4, 0.5) is 10.2 Å². The lowest BCUT2D eigenvalue weighted by molar-refractivity contribution is 0.0809. The average Bonchev–Trinajstić information content (AvgIpc) is 3.14. The van der Waals surface area contributed by atoms with Crippen molar-refractivity contribution in [3.05, 3.63) is 24.6 Å². The van der Waals surface area contributed by atoms with Gasteiger partial charge in [-0.1, -0.05) is 0 Å². The van der Waals surface area contributed by atoms with Crippen LogP contribution in [0.2, 0.25) is 0 Å². The van der Waals surface area contributed by atoms with E-state index in [1.807, 2.05) is 0 Å². The van der Waals surface area contributed by atoms with Crippen molar-refractivity contribution in [3.63, 3.8) is 0 Å². The number of allylic oxidation sites excluding steroid dienone is 1. The Bertz CT molecular complexity index is 1130. The maximum atomic E-state index is 14.2. The minimum Gasteiger partial charge on any atom is -0.382 e. The van der Waals surface area contributed by atoms with Gasteiger partial charge in [0.2, 0.25) is 0 Å². The first kappa shape index (κ1) is 23.1. The van der Waals surface area contributed by atoms with Crippen molar-refractivity contribution >= 4 is 40.2 Å². The molecule has 0 saturated heterocycles. The fraction of sp³-hybridized carbons (Fsp3) is 0.364. The molecule has 0 saturated carbocycles. The van der Waals surface area contributed by atoms with Crippen LogP contribution in [0.5, 0.6) is 0 Å². The summed E-state index contributed by atoms with van der Waals surface area (Å²) in [6, 6.07) is -0.643. The second kappa shape index (κ2) is 8.17. The molecule has 2 aromatic heterocycles. The lowest BCUT2D eigenvalue weighted by Gasteiger charge is -2.19. The van der Waals surface area contributed by atoms with Gasteiger partial charge in [-0.05, 0) is 6.08 Å². The summed E-state index contributed by atoms with van der Waals surface area (Å²) < 4.78 is 61.8. The number of hydrogen-bond acceptors (Lipinski definition) is 10. The highest BCUT2D eigenvalue weighted by Gasteiger charge is 2.41. The van der Waals surface area contributed by atoms with E-state index in [9.17, 15) is 23.0 Å². The highest BCUT2D eigenvalue weighted by Crippen LogP contribution is 2.66. The Morgan fingerprint density at radius 3 is 2.53 bits per heavy atom. The molecule has 1 aliphatic rings. The summed E-state index contributed by atoms with van der Waals surface area (Å²) in [7, 11) is -16.1. The third kappa shape index (κ3) is 5.56. The van der Waals surface area contributed by atoms with Gasteiger partial charge in [-0.15, -0.1) is 0 Å². The molecule has 166 valence electrons. The summed E-state index contributed by atoms with van der Waals surface area (Å²) in [5, 5.41) is 0. The molecule has 0 radical (unpaired) electrons. The molecule has 4 atom stereocenters. The van der Waals surface area contributed by atoms with Crippen LogP contribution in [0.15, 0.2) is 24.6 Å². The summed E-state index contributed by atoms with van der Waals surface area (Å²) in [6.45, 7) is 0. The fourth-order valence-corrected chi connectivity index (χ4v) is 5.97. The molecule has 15 nitrogen and oxygen atoms in total. The van der Waals surface area contributed by atoms with Gasteiger partial charge in [-0.2, -0.15) is 4.31 Å². The van der Waals surface area contributed by atoms with E-state index in [-0.39, 0.29) is 12.2 Å². The number of imidazole rings is 1. The normalized spacial score (nSPS) is 23.8. The van der Waals surface area contributed by atoms with E-state index in [1.54, 1.807) is 0 Å². The maximum Gasteiger partial charge on any atom is 0.488 e. The van der Waals surface area contributed by atoms with Gasteiger partial charge < -0.3 is 34.6 Å². The molecule has 2 aromatic rings. The largest absolute Gasteiger partial charge is 0.488 e. The van der Waals surface area contributed by atoms with E-state index in [1.165, 1.54) is 17.2 Å².